The van der Waals surface area contributed by atoms with Crippen molar-refractivity contribution in [3.05, 3.63) is 88.2 Å². The quantitative estimate of drug-likeness (QED) is 0.0105. The van der Waals surface area contributed by atoms with Crippen LogP contribution in [0, 0.1) is 31.8 Å². The predicted molar refractivity (Wildman–Crippen MR) is 229 cm³/mol. The second kappa shape index (κ2) is 24.2. The van der Waals surface area contributed by atoms with Gasteiger partial charge in [0.15, 0.2) is 48.5 Å². The number of carbonyl (C=O) groups is 6. The summed E-state index contributed by atoms with van der Waals surface area (Å²) < 4.78 is 0. The van der Waals surface area contributed by atoms with E-state index in [0.717, 1.165) is 11.0 Å². The van der Waals surface area contributed by atoms with Gasteiger partial charge in [-0.1, -0.05) is 30.3 Å². The molecule has 0 bridgehead atoms. The number of nitrogens with two attached hydrogens (primary N) is 5. The Kier molecular flexibility index (Phi) is 18.7. The van der Waals surface area contributed by atoms with E-state index in [9.17, 15) is 44.0 Å². The molecular weight excluding hydrogens is 895 g/mol. The molecule has 358 valence electrons. The van der Waals surface area contributed by atoms with Crippen molar-refractivity contribution in [1.82, 2.24) is 57.8 Å². The number of aliphatic hydroxyl groups excluding tert-OH is 1. The highest BCUT2D eigenvalue weighted by Gasteiger charge is 2.36. The Morgan fingerprint density at radius 3 is 1.57 bits per heavy atom. The third-order valence-electron chi connectivity index (χ3n) is 8.22. The number of hydrogen-bond acceptors (Lipinski definition) is 19. The molecule has 3 rings (SSSR count). The Bertz CT molecular complexity index is 2340. The Balaban J connectivity index is 1.94. The highest BCUT2D eigenvalue weighted by atomic mass is 17.2. The van der Waals surface area contributed by atoms with Crippen LogP contribution in [0.4, 0.5) is 17.3 Å². The van der Waals surface area contributed by atoms with Gasteiger partial charge in [-0.05, 0) is 23.8 Å². The summed E-state index contributed by atoms with van der Waals surface area (Å²) in [6.07, 6.45) is -7.95. The molecule has 6 atom stereocenters. The first-order valence-corrected chi connectivity index (χ1v) is 18.5. The van der Waals surface area contributed by atoms with E-state index in [1.807, 2.05) is 26.7 Å². The van der Waals surface area contributed by atoms with E-state index in [4.69, 9.17) is 55.6 Å². The average Bonchev–Trinajstić information content (AvgIpc) is 3.26. The number of guanidine groups is 4. The molecule has 6 amide bonds. The van der Waals surface area contributed by atoms with Gasteiger partial charge in [0.05, 0.1) is 17.2 Å². The second-order valence-corrected chi connectivity index (χ2v) is 13.1. The molecule has 1 heterocycles. The monoisotopic (exact) mass is 939 g/mol. The maximum atomic E-state index is 14.1. The first-order valence-electron chi connectivity index (χ1n) is 18.5. The molecule has 0 radical (unpaired) electrons. The smallest absolute Gasteiger partial charge is 0.276 e. The van der Waals surface area contributed by atoms with E-state index in [2.05, 4.69) is 41.5 Å². The van der Waals surface area contributed by atoms with Crippen molar-refractivity contribution in [1.29, 1.82) is 21.6 Å². The van der Waals surface area contributed by atoms with Crippen molar-refractivity contribution in [2.24, 2.45) is 28.7 Å². The maximum Gasteiger partial charge on any atom is 0.276 e. The number of anilines is 2. The van der Waals surface area contributed by atoms with Crippen LogP contribution in [0.3, 0.4) is 0 Å². The van der Waals surface area contributed by atoms with E-state index in [1.54, 1.807) is 6.07 Å². The Labute approximate surface area is 375 Å². The number of nitrogens with one attached hydrogen (secondary N) is 14. The van der Waals surface area contributed by atoms with Crippen LogP contribution in [0.1, 0.15) is 17.2 Å². The van der Waals surface area contributed by atoms with Gasteiger partial charge in [-0.2, -0.15) is 0 Å². The number of amides is 6. The van der Waals surface area contributed by atoms with Crippen LogP contribution in [0.2, 0.25) is 0 Å². The van der Waals surface area contributed by atoms with Crippen molar-refractivity contribution >= 4 is 76.6 Å². The number of benzene rings is 2. The van der Waals surface area contributed by atoms with Crippen LogP contribution in [-0.4, -0.2) is 115 Å². The van der Waals surface area contributed by atoms with Gasteiger partial charge in [-0.3, -0.25) is 60.5 Å². The lowest BCUT2D eigenvalue weighted by Crippen LogP contribution is -2.68. The predicted octanol–water partition coefficient (Wildman–Crippen LogP) is -7.43. The van der Waals surface area contributed by atoms with Crippen LogP contribution >= 0.6 is 0 Å². The molecule has 0 fully saturated rings. The number of nitro groups is 1. The standard InChI is InChI=1S/C33H45N23O11/c34-18(57)19(50-29(35)36)46-24(59)21(52-31(39)40)48-26(61)22(53-32(41)42)49-25(60)20(51-30(37)38)47-23(58)17(13-5-2-1-3-6-13)45-27(62)28(63)55(33-43-9-4-10-44-33)12-14-7-8-15(54-67-66)11-16(14)56(64)65/h1-11,17,19-22,28,54,63,66H,12H2,(H2,34,57)(H,45,62)(H,46,59)(H,47,58)(H,48,61)(H,49,60)(H4,35,36,50)(H4,37,38,51)(H4,39,40,52)(H4,41,42,53). The zero-order valence-corrected chi connectivity index (χ0v) is 34.3. The molecule has 26 N–H and O–H groups in total. The van der Waals surface area contributed by atoms with Crippen LogP contribution in [0.15, 0.2) is 67.0 Å². The minimum Gasteiger partial charge on any atom is -0.370 e. The fraction of sp³-hybridized carbons (Fsp3) is 0.212. The van der Waals surface area contributed by atoms with Crippen molar-refractivity contribution in [2.45, 2.75) is 43.5 Å². The largest absolute Gasteiger partial charge is 0.370 e. The lowest BCUT2D eigenvalue weighted by molar-refractivity contribution is -0.385. The van der Waals surface area contributed by atoms with Crippen LogP contribution in [0.5, 0.6) is 0 Å². The number of aliphatic hydroxyl groups is 1. The van der Waals surface area contributed by atoms with E-state index in [0.29, 0.717) is 0 Å². The minimum atomic E-state index is -2.30. The van der Waals surface area contributed by atoms with E-state index >= 15 is 0 Å². The first-order chi connectivity index (χ1) is 31.6. The summed E-state index contributed by atoms with van der Waals surface area (Å²) in [5.41, 5.74) is 28.0. The van der Waals surface area contributed by atoms with Crippen LogP contribution < -0.4 is 86.9 Å². The Morgan fingerprint density at radius 2 is 1.12 bits per heavy atom. The molecule has 67 heavy (non-hydrogen) atoms. The molecule has 0 saturated carbocycles. The SMILES string of the molecule is N=C(N)NC(NC(=O)C(NC(=N)N)NC(=O)C(NC(=N)N)NC(=O)C(NC(=N)N)NC(=O)C(NC(=O)C(O)N(Cc1ccc(NOO)cc1[N+](=O)[O-])c1ncccn1)c1ccccc1)C(N)=O. The number of carbonyl (C=O) groups excluding carboxylic acids is 6. The van der Waals surface area contributed by atoms with Gasteiger partial charge in [0.25, 0.3) is 35.2 Å². The third-order valence-corrected chi connectivity index (χ3v) is 8.22. The highest BCUT2D eigenvalue weighted by molar-refractivity contribution is 5.99. The number of nitro benzene ring substituents is 1. The molecule has 0 spiro atoms. The molecule has 6 unspecified atom stereocenters. The topological polar surface area (TPSA) is 570 Å². The minimum absolute atomic E-state index is 0.0322. The van der Waals surface area contributed by atoms with Gasteiger partial charge in [-0.25, -0.2) is 20.7 Å². The number of aromatic nitrogens is 2. The third kappa shape index (κ3) is 15.9. The summed E-state index contributed by atoms with van der Waals surface area (Å²) in [4.78, 5) is 104. The summed E-state index contributed by atoms with van der Waals surface area (Å²) in [7, 11) is 0. The summed E-state index contributed by atoms with van der Waals surface area (Å²) in [5.74, 6) is -11.9. The molecule has 34 nitrogen and oxygen atoms in total. The van der Waals surface area contributed by atoms with Gasteiger partial charge in [0.1, 0.15) is 6.04 Å². The molecule has 0 aliphatic rings. The zero-order chi connectivity index (χ0) is 50.0. The van der Waals surface area contributed by atoms with Crippen molar-refractivity contribution in [3.63, 3.8) is 0 Å². The van der Waals surface area contributed by atoms with Gasteiger partial charge in [0, 0.05) is 24.0 Å². The molecule has 0 aliphatic carbocycles. The van der Waals surface area contributed by atoms with Crippen molar-refractivity contribution in [3.8, 4) is 0 Å². The highest BCUT2D eigenvalue weighted by Crippen LogP contribution is 2.27. The molecular formula is C33H45N23O11. The van der Waals surface area contributed by atoms with Gasteiger partial charge in [0.2, 0.25) is 18.1 Å². The molecule has 1 aromatic heterocycles. The summed E-state index contributed by atoms with van der Waals surface area (Å²) in [5, 5.41) is 81.3. The lowest BCUT2D eigenvalue weighted by Gasteiger charge is -2.30. The maximum absolute atomic E-state index is 14.1. The molecule has 34 heteroatoms. The Morgan fingerprint density at radius 1 is 0.657 bits per heavy atom. The fourth-order valence-electron chi connectivity index (χ4n) is 5.38. The summed E-state index contributed by atoms with van der Waals surface area (Å²) in [6.45, 7) is -0.605. The molecule has 0 saturated heterocycles. The molecule has 2 aromatic carbocycles. The average molecular weight is 940 g/mol. The molecule has 0 aliphatic heterocycles. The summed E-state index contributed by atoms with van der Waals surface area (Å²) >= 11 is 0. The normalized spacial score (nSPS) is 13.1. The Hall–Kier alpha value is -9.70. The number of primary amides is 1. The number of hydrogen-bond donors (Lipinski definition) is 21. The van der Waals surface area contributed by atoms with E-state index < -0.39 is 113 Å². The second-order valence-electron chi connectivity index (χ2n) is 13.1. The van der Waals surface area contributed by atoms with Gasteiger partial charge < -0.3 is 86.5 Å². The van der Waals surface area contributed by atoms with Crippen LogP contribution in [-0.2, 0) is 40.3 Å². The van der Waals surface area contributed by atoms with Gasteiger partial charge >= 0.3 is 0 Å². The lowest BCUT2D eigenvalue weighted by atomic mass is 10.1. The van der Waals surface area contributed by atoms with Gasteiger partial charge in [-0.15, -0.1) is 4.99 Å². The number of rotatable bonds is 23. The van der Waals surface area contributed by atoms with Crippen molar-refractivity contribution in [2.75, 3.05) is 10.4 Å². The first kappa shape index (κ1) is 51.6. The van der Waals surface area contributed by atoms with Crippen molar-refractivity contribution < 1.29 is 49.0 Å². The van der Waals surface area contributed by atoms with E-state index in [-0.39, 0.29) is 22.8 Å². The summed E-state index contributed by atoms with van der Waals surface area (Å²) in [6, 6.07) is 10.2. The zero-order valence-electron chi connectivity index (χ0n) is 34.3. The molecule has 3 aromatic rings. The van der Waals surface area contributed by atoms with E-state index in [1.165, 1.54) is 54.9 Å². The number of nitrogens with zero attached hydrogens (tertiary/aromatic N) is 4. The van der Waals surface area contributed by atoms with Crippen LogP contribution in [0.25, 0.3) is 0 Å². The fourth-order valence-corrected chi connectivity index (χ4v) is 5.38.